The van der Waals surface area contributed by atoms with Crippen LogP contribution in [-0.2, 0) is 19.4 Å². The predicted molar refractivity (Wildman–Crippen MR) is 109 cm³/mol. The molecule has 0 aromatic heterocycles. The first-order valence-corrected chi connectivity index (χ1v) is 11.1. The normalized spacial score (nSPS) is 22.4. The van der Waals surface area contributed by atoms with E-state index in [2.05, 4.69) is 5.32 Å². The third-order valence-electron chi connectivity index (χ3n) is 4.90. The number of rotatable bonds is 4. The average Bonchev–Trinajstić information content (AvgIpc) is 3.07. The monoisotopic (exact) mass is 419 g/mol. The van der Waals surface area contributed by atoms with Crippen molar-refractivity contribution in [2.75, 3.05) is 0 Å². The minimum Gasteiger partial charge on any atom is -0.459 e. The number of esters is 1. The van der Waals surface area contributed by atoms with E-state index in [4.69, 9.17) is 4.74 Å². The summed E-state index contributed by atoms with van der Waals surface area (Å²) < 4.78 is 46.7. The Bertz CT molecular complexity index is 996. The summed E-state index contributed by atoms with van der Waals surface area (Å²) in [7, 11) is -3.82. The van der Waals surface area contributed by atoms with Gasteiger partial charge in [-0.1, -0.05) is 35.9 Å². The van der Waals surface area contributed by atoms with Crippen molar-refractivity contribution in [2.24, 2.45) is 0 Å². The highest BCUT2D eigenvalue weighted by Crippen LogP contribution is 2.37. The highest BCUT2D eigenvalue weighted by atomic mass is 32.2. The molecule has 1 saturated heterocycles. The Morgan fingerprint density at radius 3 is 2.31 bits per heavy atom. The van der Waals surface area contributed by atoms with Gasteiger partial charge >= 0.3 is 5.97 Å². The summed E-state index contributed by atoms with van der Waals surface area (Å²) in [5.41, 5.74) is 0.449. The summed E-state index contributed by atoms with van der Waals surface area (Å²) in [6.45, 7) is 7.10. The molecular formula is C22H26FNO4S. The maximum atomic E-state index is 14.5. The number of halogens is 1. The fourth-order valence-corrected chi connectivity index (χ4v) is 5.42. The molecule has 2 aromatic carbocycles. The minimum absolute atomic E-state index is 0.00409. The second kappa shape index (κ2) is 7.88. The van der Waals surface area contributed by atoms with Crippen LogP contribution in [0.2, 0.25) is 0 Å². The van der Waals surface area contributed by atoms with Crippen molar-refractivity contribution >= 4 is 15.8 Å². The van der Waals surface area contributed by atoms with Crippen LogP contribution in [0.1, 0.15) is 44.4 Å². The fourth-order valence-electron chi connectivity index (χ4n) is 3.52. The van der Waals surface area contributed by atoms with Crippen molar-refractivity contribution in [3.8, 4) is 0 Å². The molecule has 0 amide bonds. The molecule has 3 atom stereocenters. The number of hydrogen-bond donors (Lipinski definition) is 1. The Labute approximate surface area is 171 Å². The molecule has 0 saturated carbocycles. The summed E-state index contributed by atoms with van der Waals surface area (Å²) in [5.74, 6) is -1.06. The van der Waals surface area contributed by atoms with Gasteiger partial charge in [0.1, 0.15) is 17.5 Å². The van der Waals surface area contributed by atoms with Gasteiger partial charge in [0.2, 0.25) is 0 Å². The summed E-state index contributed by atoms with van der Waals surface area (Å²) in [6, 6.07) is 10.9. The maximum absolute atomic E-state index is 14.5. The molecule has 156 valence electrons. The van der Waals surface area contributed by atoms with Gasteiger partial charge in [-0.25, -0.2) is 12.8 Å². The first-order chi connectivity index (χ1) is 13.5. The number of carbonyl (C=O) groups excluding carboxylic acids is 1. The van der Waals surface area contributed by atoms with Crippen molar-refractivity contribution < 1.29 is 22.3 Å². The summed E-state index contributed by atoms with van der Waals surface area (Å²) in [5, 5.41) is 2.01. The first kappa shape index (κ1) is 21.5. The maximum Gasteiger partial charge on any atom is 0.323 e. The quantitative estimate of drug-likeness (QED) is 0.765. The lowest BCUT2D eigenvalue weighted by molar-refractivity contribution is -0.157. The molecule has 3 unspecified atom stereocenters. The van der Waals surface area contributed by atoms with Crippen molar-refractivity contribution in [2.45, 2.75) is 61.9 Å². The van der Waals surface area contributed by atoms with Gasteiger partial charge in [-0.15, -0.1) is 0 Å². The number of aryl methyl sites for hydroxylation is 1. The van der Waals surface area contributed by atoms with Gasteiger partial charge in [-0.2, -0.15) is 0 Å². The zero-order valence-electron chi connectivity index (χ0n) is 17.0. The van der Waals surface area contributed by atoms with Crippen LogP contribution in [0.4, 0.5) is 4.39 Å². The molecule has 1 aliphatic heterocycles. The fraction of sp³-hybridized carbons (Fsp3) is 0.409. The lowest BCUT2D eigenvalue weighted by Gasteiger charge is -2.22. The van der Waals surface area contributed by atoms with Crippen LogP contribution >= 0.6 is 0 Å². The van der Waals surface area contributed by atoms with E-state index in [-0.39, 0.29) is 16.9 Å². The smallest absolute Gasteiger partial charge is 0.323 e. The molecular weight excluding hydrogens is 393 g/mol. The van der Waals surface area contributed by atoms with Gasteiger partial charge in [0.15, 0.2) is 9.84 Å². The second-order valence-electron chi connectivity index (χ2n) is 8.38. The van der Waals surface area contributed by atoms with Crippen LogP contribution in [0.15, 0.2) is 53.4 Å². The molecule has 1 aliphatic rings. The van der Waals surface area contributed by atoms with E-state index in [1.807, 2.05) is 6.92 Å². The molecule has 1 N–H and O–H groups in total. The van der Waals surface area contributed by atoms with E-state index in [1.54, 1.807) is 63.2 Å². The zero-order chi connectivity index (χ0) is 21.4. The Balaban J connectivity index is 2.00. The van der Waals surface area contributed by atoms with Crippen molar-refractivity contribution in [1.82, 2.24) is 5.32 Å². The van der Waals surface area contributed by atoms with Crippen molar-refractivity contribution in [3.63, 3.8) is 0 Å². The van der Waals surface area contributed by atoms with Crippen LogP contribution in [0, 0.1) is 12.7 Å². The standard InChI is InChI=1S/C22H26FNO4S/c1-14-9-11-15(12-10-14)29(26,27)19-13-18(21(25)28-22(2,3)4)24-20(19)16-7-5-6-8-17(16)23/h5-12,18-20,24H,13H2,1-4H3. The molecule has 0 spiro atoms. The second-order valence-corrected chi connectivity index (χ2v) is 10.6. The Hall–Kier alpha value is -2.25. The van der Waals surface area contributed by atoms with E-state index in [0.717, 1.165) is 5.56 Å². The van der Waals surface area contributed by atoms with Crippen molar-refractivity contribution in [3.05, 3.63) is 65.5 Å². The predicted octanol–water partition coefficient (Wildman–Crippen LogP) is 3.72. The molecule has 1 heterocycles. The van der Waals surface area contributed by atoms with Gasteiger partial charge in [-0.3, -0.25) is 10.1 Å². The molecule has 5 nitrogen and oxygen atoms in total. The molecule has 7 heteroatoms. The van der Waals surface area contributed by atoms with Gasteiger partial charge in [0.05, 0.1) is 16.2 Å². The molecule has 0 bridgehead atoms. The van der Waals surface area contributed by atoms with Crippen molar-refractivity contribution in [1.29, 1.82) is 0 Å². The minimum atomic E-state index is -3.82. The summed E-state index contributed by atoms with van der Waals surface area (Å²) in [6.07, 6.45) is 0.00409. The molecule has 2 aromatic rings. The van der Waals surface area contributed by atoms with Gasteiger partial charge in [0, 0.05) is 5.56 Å². The number of sulfone groups is 1. The van der Waals surface area contributed by atoms with E-state index in [1.165, 1.54) is 6.07 Å². The molecule has 0 aliphatic carbocycles. The Kier molecular flexibility index (Phi) is 5.83. The Morgan fingerprint density at radius 1 is 1.10 bits per heavy atom. The lowest BCUT2D eigenvalue weighted by atomic mass is 10.0. The third kappa shape index (κ3) is 4.67. The molecule has 29 heavy (non-hydrogen) atoms. The zero-order valence-corrected chi connectivity index (χ0v) is 17.8. The van der Waals surface area contributed by atoms with E-state index < -0.39 is 44.6 Å². The number of benzene rings is 2. The Morgan fingerprint density at radius 2 is 1.72 bits per heavy atom. The highest BCUT2D eigenvalue weighted by molar-refractivity contribution is 7.92. The van der Waals surface area contributed by atoms with E-state index in [0.29, 0.717) is 0 Å². The topological polar surface area (TPSA) is 72.5 Å². The lowest BCUT2D eigenvalue weighted by Crippen LogP contribution is -2.38. The van der Waals surface area contributed by atoms with Crippen LogP contribution in [0.25, 0.3) is 0 Å². The van der Waals surface area contributed by atoms with E-state index in [9.17, 15) is 17.6 Å². The molecule has 1 fully saturated rings. The molecule has 0 radical (unpaired) electrons. The summed E-state index contributed by atoms with van der Waals surface area (Å²) in [4.78, 5) is 12.8. The van der Waals surface area contributed by atoms with Gasteiger partial charge in [0.25, 0.3) is 0 Å². The van der Waals surface area contributed by atoms with Gasteiger partial charge in [-0.05, 0) is 52.3 Å². The van der Waals surface area contributed by atoms with Gasteiger partial charge < -0.3 is 4.74 Å². The number of carbonyl (C=O) groups is 1. The first-order valence-electron chi connectivity index (χ1n) is 9.53. The average molecular weight is 420 g/mol. The van der Waals surface area contributed by atoms with Crippen LogP contribution in [0.5, 0.6) is 0 Å². The molecule has 3 rings (SSSR count). The van der Waals surface area contributed by atoms with Crippen LogP contribution in [-0.4, -0.2) is 31.3 Å². The van der Waals surface area contributed by atoms with E-state index >= 15 is 0 Å². The number of nitrogens with one attached hydrogen (secondary N) is 1. The largest absolute Gasteiger partial charge is 0.459 e. The number of ether oxygens (including phenoxy) is 1. The number of hydrogen-bond acceptors (Lipinski definition) is 5. The van der Waals surface area contributed by atoms with Crippen LogP contribution < -0.4 is 5.32 Å². The van der Waals surface area contributed by atoms with Crippen LogP contribution in [0.3, 0.4) is 0 Å². The summed E-state index contributed by atoms with van der Waals surface area (Å²) >= 11 is 0. The highest BCUT2D eigenvalue weighted by Gasteiger charge is 2.47. The SMILES string of the molecule is Cc1ccc(S(=O)(=O)C2CC(C(=O)OC(C)(C)C)NC2c2ccccc2F)cc1. The third-order valence-corrected chi connectivity index (χ3v) is 7.09.